The quantitative estimate of drug-likeness (QED) is 0.571. The molecule has 7 heteroatoms. The maximum absolute atomic E-state index is 12.7. The summed E-state index contributed by atoms with van der Waals surface area (Å²) in [5.74, 6) is 0.246. The molecule has 0 atom stereocenters. The molecule has 0 radical (unpaired) electrons. The van der Waals surface area contributed by atoms with Crippen LogP contribution in [0.1, 0.15) is 16.7 Å². The molecule has 0 saturated carbocycles. The Morgan fingerprint density at radius 1 is 1.13 bits per heavy atom. The average Bonchev–Trinajstić information content (AvgIpc) is 3.13. The van der Waals surface area contributed by atoms with Crippen molar-refractivity contribution < 1.29 is 28.9 Å². The van der Waals surface area contributed by atoms with Crippen molar-refractivity contribution in [2.24, 2.45) is 4.99 Å². The molecule has 1 fully saturated rings. The molecule has 1 N–H and O–H groups in total. The van der Waals surface area contributed by atoms with E-state index in [0.29, 0.717) is 56.5 Å². The van der Waals surface area contributed by atoms with Gasteiger partial charge in [-0.05, 0) is 29.3 Å². The van der Waals surface area contributed by atoms with E-state index in [0.717, 1.165) is 22.3 Å². The minimum absolute atomic E-state index is 0.0428. The molecule has 0 aromatic heterocycles. The van der Waals surface area contributed by atoms with Crippen LogP contribution in [0.4, 0.5) is 0 Å². The number of rotatable bonds is 6. The van der Waals surface area contributed by atoms with Gasteiger partial charge >= 0.3 is 5.97 Å². The third-order valence-corrected chi connectivity index (χ3v) is 5.76. The van der Waals surface area contributed by atoms with E-state index >= 15 is 0 Å². The summed E-state index contributed by atoms with van der Waals surface area (Å²) >= 11 is 0. The van der Waals surface area contributed by atoms with Crippen LogP contribution in [0.15, 0.2) is 59.1 Å². The van der Waals surface area contributed by atoms with E-state index in [2.05, 4.69) is 4.99 Å². The number of quaternary nitrogens is 1. The lowest BCUT2D eigenvalue weighted by Crippen LogP contribution is -2.54. The van der Waals surface area contributed by atoms with Gasteiger partial charge < -0.3 is 14.2 Å². The molecule has 0 unspecified atom stereocenters. The summed E-state index contributed by atoms with van der Waals surface area (Å²) in [5.41, 5.74) is 4.52. The molecular weight excluding hydrogens is 396 g/mol. The van der Waals surface area contributed by atoms with Crippen molar-refractivity contribution in [1.29, 1.82) is 0 Å². The molecule has 2 aromatic rings. The normalized spacial score (nSPS) is 18.7. The van der Waals surface area contributed by atoms with Crippen LogP contribution in [0.2, 0.25) is 0 Å². The minimum Gasteiger partial charge on any atom is -0.488 e. The van der Waals surface area contributed by atoms with Crippen molar-refractivity contribution in [3.63, 3.8) is 0 Å². The van der Waals surface area contributed by atoms with Crippen LogP contribution < -0.4 is 4.74 Å². The number of benzene rings is 2. The van der Waals surface area contributed by atoms with Gasteiger partial charge in [0.05, 0.1) is 31.6 Å². The number of carbonyl (C=O) groups is 1. The Hall–Kier alpha value is -3.00. The minimum atomic E-state index is -0.419. The lowest BCUT2D eigenvalue weighted by molar-refractivity contribution is -1.11. The van der Waals surface area contributed by atoms with Crippen molar-refractivity contribution in [3.8, 4) is 5.75 Å². The van der Waals surface area contributed by atoms with Crippen molar-refractivity contribution in [1.82, 2.24) is 0 Å². The van der Waals surface area contributed by atoms with Crippen LogP contribution in [-0.4, -0.2) is 75.1 Å². The van der Waals surface area contributed by atoms with Crippen LogP contribution in [0.3, 0.4) is 0 Å². The fourth-order valence-electron chi connectivity index (χ4n) is 4.09. The fourth-order valence-corrected chi connectivity index (χ4v) is 4.09. The number of fused-ring (bicyclic) bond motifs is 1. The Kier molecular flexibility index (Phi) is 6.18. The number of hydrogen-bond acceptors (Lipinski definition) is 6. The topological polar surface area (TPSA) is 77.4 Å². The van der Waals surface area contributed by atoms with E-state index < -0.39 is 5.97 Å². The third-order valence-electron chi connectivity index (χ3n) is 5.76. The Bertz CT molecular complexity index is 1020. The van der Waals surface area contributed by atoms with Gasteiger partial charge in [-0.1, -0.05) is 30.3 Å². The molecule has 1 heterocycles. The zero-order valence-electron chi connectivity index (χ0n) is 17.8. The smallest absolute Gasteiger partial charge is 0.340 e. The molecule has 1 saturated heterocycles. The number of ether oxygens (including phenoxy) is 3. The van der Waals surface area contributed by atoms with Crippen LogP contribution >= 0.6 is 0 Å². The molecule has 1 aliphatic heterocycles. The predicted molar refractivity (Wildman–Crippen MR) is 116 cm³/mol. The maximum Gasteiger partial charge on any atom is 0.340 e. The Morgan fingerprint density at radius 3 is 2.55 bits per heavy atom. The summed E-state index contributed by atoms with van der Waals surface area (Å²) < 4.78 is 16.3. The average molecular weight is 423 g/mol. The van der Waals surface area contributed by atoms with Crippen LogP contribution in [0.5, 0.6) is 5.75 Å². The van der Waals surface area contributed by atoms with Gasteiger partial charge in [-0.2, -0.15) is 4.65 Å². The largest absolute Gasteiger partial charge is 0.488 e. The summed E-state index contributed by atoms with van der Waals surface area (Å²) in [6, 6.07) is 15.5. The third kappa shape index (κ3) is 4.25. The number of carbonyl (C=O) groups excluding carboxylic acids is 1. The molecule has 31 heavy (non-hydrogen) atoms. The van der Waals surface area contributed by atoms with E-state index in [1.54, 1.807) is 7.05 Å². The van der Waals surface area contributed by atoms with Gasteiger partial charge in [0.25, 0.3) is 0 Å². The van der Waals surface area contributed by atoms with Gasteiger partial charge in [-0.3, -0.25) is 4.99 Å². The predicted octanol–water partition coefficient (Wildman–Crippen LogP) is 2.71. The number of esters is 1. The number of nitrogens with zero attached hydrogens (tertiary/aromatic N) is 2. The van der Waals surface area contributed by atoms with Gasteiger partial charge in [-0.15, -0.1) is 0 Å². The summed E-state index contributed by atoms with van der Waals surface area (Å²) in [6.45, 7) is 3.08. The second-order valence-corrected chi connectivity index (χ2v) is 7.61. The Labute approximate surface area is 181 Å². The van der Waals surface area contributed by atoms with Crippen molar-refractivity contribution >= 4 is 17.3 Å². The van der Waals surface area contributed by atoms with Gasteiger partial charge in [0, 0.05) is 18.2 Å². The molecule has 2 aromatic carbocycles. The van der Waals surface area contributed by atoms with Gasteiger partial charge in [0.1, 0.15) is 32.0 Å². The molecule has 1 aliphatic carbocycles. The summed E-state index contributed by atoms with van der Waals surface area (Å²) in [5, 5.41) is 10.6. The SMILES string of the molecule is CN=C1C(C(=O)OC)=C(c2ccccc2)c2ccc(OCC[N+]3(O)CCOCC3)cc21. The van der Waals surface area contributed by atoms with Crippen LogP contribution in [0, 0.1) is 0 Å². The maximum atomic E-state index is 12.7. The standard InChI is InChI=1S/C24H27N2O5/c1-25-23-20-16-18(31-15-12-26(28)10-13-30-14-11-26)8-9-19(20)21(22(23)24(27)29-2)17-6-4-3-5-7-17/h3-9,16,28H,10-15H2,1-2H3/q+1. The molecule has 0 amide bonds. The Morgan fingerprint density at radius 2 is 1.87 bits per heavy atom. The van der Waals surface area contributed by atoms with E-state index in [9.17, 15) is 10.0 Å². The summed E-state index contributed by atoms with van der Waals surface area (Å²) in [6.07, 6.45) is 0. The second kappa shape index (κ2) is 9.01. The molecule has 0 spiro atoms. The molecule has 7 nitrogen and oxygen atoms in total. The number of morpholine rings is 1. The van der Waals surface area contributed by atoms with Crippen molar-refractivity contribution in [3.05, 3.63) is 70.8 Å². The Balaban J connectivity index is 1.62. The first-order valence-electron chi connectivity index (χ1n) is 10.4. The molecule has 162 valence electrons. The van der Waals surface area contributed by atoms with Crippen LogP contribution in [-0.2, 0) is 14.3 Å². The van der Waals surface area contributed by atoms with Gasteiger partial charge in [0.15, 0.2) is 0 Å². The van der Waals surface area contributed by atoms with E-state index in [-0.39, 0.29) is 4.65 Å². The number of aliphatic imine (C=N–C) groups is 1. The second-order valence-electron chi connectivity index (χ2n) is 7.61. The monoisotopic (exact) mass is 423 g/mol. The zero-order chi connectivity index (χ0) is 21.8. The van der Waals surface area contributed by atoms with Crippen molar-refractivity contribution in [2.75, 3.05) is 53.6 Å². The highest BCUT2D eigenvalue weighted by molar-refractivity contribution is 6.37. The highest BCUT2D eigenvalue weighted by Crippen LogP contribution is 2.40. The van der Waals surface area contributed by atoms with Gasteiger partial charge in [0.2, 0.25) is 0 Å². The number of methoxy groups -OCH3 is 1. The summed E-state index contributed by atoms with van der Waals surface area (Å²) in [7, 11) is 3.05. The van der Waals surface area contributed by atoms with Crippen LogP contribution in [0.25, 0.3) is 5.57 Å². The van der Waals surface area contributed by atoms with E-state index in [4.69, 9.17) is 14.2 Å². The first-order chi connectivity index (χ1) is 15.1. The first-order valence-corrected chi connectivity index (χ1v) is 10.4. The van der Waals surface area contributed by atoms with Gasteiger partial charge in [-0.25, -0.2) is 10.0 Å². The van der Waals surface area contributed by atoms with E-state index in [1.807, 2.05) is 48.5 Å². The number of hydrogen-bond donors (Lipinski definition) is 1. The molecule has 2 aliphatic rings. The highest BCUT2D eigenvalue weighted by atomic mass is 16.6. The first kappa shape index (κ1) is 21.2. The van der Waals surface area contributed by atoms with Crippen molar-refractivity contribution in [2.45, 2.75) is 0 Å². The summed E-state index contributed by atoms with van der Waals surface area (Å²) in [4.78, 5) is 17.1. The molecule has 0 bridgehead atoms. The lowest BCUT2D eigenvalue weighted by Gasteiger charge is -2.33. The molecule has 4 rings (SSSR count). The molecular formula is C24H27N2O5+. The fraction of sp³-hybridized carbons (Fsp3) is 0.333. The van der Waals surface area contributed by atoms with E-state index in [1.165, 1.54) is 7.11 Å². The highest BCUT2D eigenvalue weighted by Gasteiger charge is 2.34. The zero-order valence-corrected chi connectivity index (χ0v) is 17.8. The lowest BCUT2D eigenvalue weighted by atomic mass is 9.97. The number of hydroxylamine groups is 3.